The van der Waals surface area contributed by atoms with Crippen molar-refractivity contribution in [2.24, 2.45) is 5.73 Å². The van der Waals surface area contributed by atoms with Gasteiger partial charge in [0.05, 0.1) is 17.6 Å². The van der Waals surface area contributed by atoms with Gasteiger partial charge in [0.1, 0.15) is 18.3 Å². The van der Waals surface area contributed by atoms with E-state index in [0.717, 1.165) is 47.9 Å². The van der Waals surface area contributed by atoms with Crippen molar-refractivity contribution >= 4 is 11.0 Å². The van der Waals surface area contributed by atoms with Gasteiger partial charge in [-0.05, 0) is 44.4 Å². The van der Waals surface area contributed by atoms with E-state index in [-0.39, 0.29) is 0 Å². The largest absolute Gasteiger partial charge is 0.377 e. The number of imidazole rings is 1. The van der Waals surface area contributed by atoms with Crippen LogP contribution >= 0.6 is 0 Å². The number of fused-ring (bicyclic) bond motifs is 1. The van der Waals surface area contributed by atoms with E-state index in [0.29, 0.717) is 25.1 Å². The number of benzene rings is 1. The van der Waals surface area contributed by atoms with Crippen LogP contribution < -0.4 is 5.73 Å². The predicted molar refractivity (Wildman–Crippen MR) is 99.9 cm³/mol. The van der Waals surface area contributed by atoms with Gasteiger partial charge < -0.3 is 19.6 Å². The van der Waals surface area contributed by atoms with E-state index in [4.69, 9.17) is 15.5 Å². The number of rotatable bonds is 6. The van der Waals surface area contributed by atoms with Gasteiger partial charge in [0.25, 0.3) is 0 Å². The number of nitrogens with two attached hydrogens (primary N) is 1. The minimum Gasteiger partial charge on any atom is -0.377 e. The van der Waals surface area contributed by atoms with Crippen molar-refractivity contribution in [2.75, 3.05) is 7.11 Å². The topological polar surface area (TPSA) is 83.8 Å². The van der Waals surface area contributed by atoms with Crippen molar-refractivity contribution in [3.05, 3.63) is 41.2 Å². The maximum absolute atomic E-state index is 5.96. The zero-order valence-corrected chi connectivity index (χ0v) is 15.6. The molecule has 4 rings (SSSR count). The molecule has 1 aliphatic rings. The van der Waals surface area contributed by atoms with E-state index in [9.17, 15) is 0 Å². The molecular weight excluding hydrogens is 328 g/mol. The van der Waals surface area contributed by atoms with Gasteiger partial charge in [-0.25, -0.2) is 4.98 Å². The lowest BCUT2D eigenvalue weighted by Gasteiger charge is -2.31. The molecule has 0 spiro atoms. The van der Waals surface area contributed by atoms with Crippen molar-refractivity contribution < 1.29 is 4.74 Å². The Morgan fingerprint density at radius 1 is 1.19 bits per heavy atom. The van der Waals surface area contributed by atoms with Gasteiger partial charge in [-0.15, -0.1) is 10.2 Å². The van der Waals surface area contributed by atoms with Crippen LogP contribution in [0.2, 0.25) is 0 Å². The molecule has 3 aromatic rings. The van der Waals surface area contributed by atoms with Gasteiger partial charge in [0, 0.05) is 25.6 Å². The number of aryl methyl sites for hydroxylation is 1. The van der Waals surface area contributed by atoms with Gasteiger partial charge >= 0.3 is 0 Å². The maximum Gasteiger partial charge on any atom is 0.153 e. The Kier molecular flexibility index (Phi) is 4.50. The second-order valence-corrected chi connectivity index (χ2v) is 7.19. The Bertz CT molecular complexity index is 922. The fraction of sp³-hybridized carbons (Fsp3) is 0.526. The van der Waals surface area contributed by atoms with E-state index in [1.807, 2.05) is 0 Å². The Labute approximate surface area is 153 Å². The van der Waals surface area contributed by atoms with E-state index >= 15 is 0 Å². The molecule has 0 aliphatic heterocycles. The highest BCUT2D eigenvalue weighted by Gasteiger charge is 2.32. The summed E-state index contributed by atoms with van der Waals surface area (Å²) >= 11 is 0. The van der Waals surface area contributed by atoms with Crippen LogP contribution in [0.15, 0.2) is 18.2 Å². The molecule has 7 nitrogen and oxygen atoms in total. The summed E-state index contributed by atoms with van der Waals surface area (Å²) in [5, 5.41) is 8.98. The van der Waals surface area contributed by atoms with Gasteiger partial charge in [-0.2, -0.15) is 0 Å². The summed E-state index contributed by atoms with van der Waals surface area (Å²) in [4.78, 5) is 4.76. The molecule has 138 valence electrons. The number of aromatic nitrogens is 5. The number of nitrogens with zero attached hydrogens (tertiary/aromatic N) is 5. The fourth-order valence-electron chi connectivity index (χ4n) is 3.83. The van der Waals surface area contributed by atoms with Crippen molar-refractivity contribution in [1.82, 2.24) is 24.3 Å². The third kappa shape index (κ3) is 2.91. The van der Waals surface area contributed by atoms with E-state index < -0.39 is 0 Å². The molecule has 26 heavy (non-hydrogen) atoms. The third-order valence-electron chi connectivity index (χ3n) is 5.27. The summed E-state index contributed by atoms with van der Waals surface area (Å²) in [6.45, 7) is 6.18. The number of hydrogen-bond acceptors (Lipinski definition) is 5. The van der Waals surface area contributed by atoms with Gasteiger partial charge in [0.15, 0.2) is 5.82 Å². The highest BCUT2D eigenvalue weighted by molar-refractivity contribution is 5.77. The van der Waals surface area contributed by atoms with Crippen LogP contribution in [0.4, 0.5) is 0 Å². The average Bonchev–Trinajstić information content (AvgIpc) is 3.13. The third-order valence-corrected chi connectivity index (χ3v) is 5.27. The van der Waals surface area contributed by atoms with E-state index in [1.165, 1.54) is 5.56 Å². The van der Waals surface area contributed by atoms with Gasteiger partial charge in [-0.1, -0.05) is 6.07 Å². The molecule has 1 fully saturated rings. The average molecular weight is 354 g/mol. The Balaban J connectivity index is 1.72. The minimum absolute atomic E-state index is 0.305. The molecule has 2 aromatic heterocycles. The molecule has 0 saturated heterocycles. The highest BCUT2D eigenvalue weighted by atomic mass is 16.5. The van der Waals surface area contributed by atoms with Gasteiger partial charge in [-0.3, -0.25) is 0 Å². The van der Waals surface area contributed by atoms with Crippen LogP contribution in [0.25, 0.3) is 11.0 Å². The molecule has 7 heteroatoms. The van der Waals surface area contributed by atoms with Gasteiger partial charge in [0.2, 0.25) is 0 Å². The summed E-state index contributed by atoms with van der Waals surface area (Å²) in [6, 6.07) is 6.65. The molecule has 1 aliphatic carbocycles. The standard InChI is InChI=1S/C19H26N6O/c1-4-24-17(22-23-19(24)13-8-14(20)9-13)10-25-16-6-5-12(2)7-15(16)21-18(25)11-26-3/h5-7,13-14H,4,8-11,20H2,1-3H3. The number of hydrogen-bond donors (Lipinski definition) is 1. The molecule has 2 heterocycles. The lowest BCUT2D eigenvalue weighted by Crippen LogP contribution is -2.36. The second kappa shape index (κ2) is 6.81. The number of methoxy groups -OCH3 is 1. The molecular formula is C19H26N6O. The monoisotopic (exact) mass is 354 g/mol. The molecule has 0 bridgehead atoms. The van der Waals surface area contributed by atoms with Crippen molar-refractivity contribution in [2.45, 2.75) is 58.3 Å². The first kappa shape index (κ1) is 17.2. The summed E-state index contributed by atoms with van der Waals surface area (Å²) < 4.78 is 9.78. The molecule has 0 amide bonds. The Morgan fingerprint density at radius 3 is 2.69 bits per heavy atom. The Morgan fingerprint density at radius 2 is 2.00 bits per heavy atom. The van der Waals surface area contributed by atoms with Crippen LogP contribution in [-0.4, -0.2) is 37.5 Å². The van der Waals surface area contributed by atoms with Crippen molar-refractivity contribution in [3.63, 3.8) is 0 Å². The quantitative estimate of drug-likeness (QED) is 0.735. The lowest BCUT2D eigenvalue weighted by molar-refractivity contribution is 0.175. The normalized spacial score (nSPS) is 19.8. The maximum atomic E-state index is 5.96. The predicted octanol–water partition coefficient (Wildman–Crippen LogP) is 2.36. The smallest absolute Gasteiger partial charge is 0.153 e. The zero-order valence-electron chi connectivity index (χ0n) is 15.6. The fourth-order valence-corrected chi connectivity index (χ4v) is 3.83. The van der Waals surface area contributed by atoms with Crippen LogP contribution in [0.3, 0.4) is 0 Å². The van der Waals surface area contributed by atoms with Crippen LogP contribution in [-0.2, 0) is 24.4 Å². The first-order valence-corrected chi connectivity index (χ1v) is 9.23. The first-order chi connectivity index (χ1) is 12.6. The molecule has 0 radical (unpaired) electrons. The molecule has 0 atom stereocenters. The summed E-state index contributed by atoms with van der Waals surface area (Å²) in [5.41, 5.74) is 9.25. The lowest BCUT2D eigenvalue weighted by atomic mass is 9.80. The van der Waals surface area contributed by atoms with Crippen LogP contribution in [0.5, 0.6) is 0 Å². The second-order valence-electron chi connectivity index (χ2n) is 7.19. The highest BCUT2D eigenvalue weighted by Crippen LogP contribution is 2.35. The van der Waals surface area contributed by atoms with E-state index in [1.54, 1.807) is 7.11 Å². The summed E-state index contributed by atoms with van der Waals surface area (Å²) in [5.74, 6) is 3.37. The van der Waals surface area contributed by atoms with Crippen molar-refractivity contribution in [1.29, 1.82) is 0 Å². The molecule has 0 unspecified atom stereocenters. The Hall–Kier alpha value is -2.25. The summed E-state index contributed by atoms with van der Waals surface area (Å²) in [6.07, 6.45) is 2.00. The molecule has 1 saturated carbocycles. The molecule has 2 N–H and O–H groups in total. The minimum atomic E-state index is 0.305. The first-order valence-electron chi connectivity index (χ1n) is 9.23. The van der Waals surface area contributed by atoms with E-state index in [2.05, 4.69) is 51.4 Å². The van der Waals surface area contributed by atoms with Crippen molar-refractivity contribution in [3.8, 4) is 0 Å². The van der Waals surface area contributed by atoms with Crippen LogP contribution in [0, 0.1) is 6.92 Å². The van der Waals surface area contributed by atoms with Crippen LogP contribution in [0.1, 0.15) is 48.7 Å². The molecule has 1 aromatic carbocycles. The summed E-state index contributed by atoms with van der Waals surface area (Å²) in [7, 11) is 1.70. The SMILES string of the molecule is CCn1c(Cn2c(COC)nc3cc(C)ccc32)nnc1C1CC(N)C1. The zero-order chi connectivity index (χ0) is 18.3. The number of ether oxygens (including phenoxy) is 1.